The van der Waals surface area contributed by atoms with Crippen molar-refractivity contribution in [3.05, 3.63) is 81.6 Å². The zero-order valence-corrected chi connectivity index (χ0v) is 21.4. The van der Waals surface area contributed by atoms with Crippen molar-refractivity contribution in [3.8, 4) is 11.3 Å². The SMILES string of the molecule is CCn1ncc(-c2cc(C(=O)N3CCN(Cc4c(Cl)cccc4Cl)CC3)c3ccccc3n2)c1C. The van der Waals surface area contributed by atoms with Crippen LogP contribution in [0.4, 0.5) is 0 Å². The lowest BCUT2D eigenvalue weighted by molar-refractivity contribution is 0.0630. The highest BCUT2D eigenvalue weighted by molar-refractivity contribution is 6.36. The Hall–Kier alpha value is -2.93. The van der Waals surface area contributed by atoms with Gasteiger partial charge in [0.2, 0.25) is 0 Å². The van der Waals surface area contributed by atoms with Gasteiger partial charge in [-0.25, -0.2) is 4.98 Å². The Bertz CT molecular complexity index is 1370. The average Bonchev–Trinajstić information content (AvgIpc) is 3.26. The molecule has 0 unspecified atom stereocenters. The Morgan fingerprint density at radius 1 is 1.00 bits per heavy atom. The highest BCUT2D eigenvalue weighted by atomic mass is 35.5. The molecular formula is C27H27Cl2N5O. The molecule has 1 saturated heterocycles. The first kappa shape index (κ1) is 23.8. The van der Waals surface area contributed by atoms with Gasteiger partial charge in [0.1, 0.15) is 0 Å². The van der Waals surface area contributed by atoms with Crippen LogP contribution in [-0.4, -0.2) is 56.7 Å². The van der Waals surface area contributed by atoms with Crippen molar-refractivity contribution in [1.82, 2.24) is 24.6 Å². The molecule has 2 aromatic carbocycles. The minimum atomic E-state index is 0.0285. The summed E-state index contributed by atoms with van der Waals surface area (Å²) >= 11 is 12.7. The molecule has 0 spiro atoms. The van der Waals surface area contributed by atoms with E-state index < -0.39 is 0 Å². The average molecular weight is 508 g/mol. The third-order valence-corrected chi connectivity index (χ3v) is 7.44. The summed E-state index contributed by atoms with van der Waals surface area (Å²) in [5.74, 6) is 0.0285. The van der Waals surface area contributed by atoms with Crippen LogP contribution in [0.2, 0.25) is 10.0 Å². The van der Waals surface area contributed by atoms with E-state index in [4.69, 9.17) is 28.2 Å². The van der Waals surface area contributed by atoms with Crippen LogP contribution in [0, 0.1) is 6.92 Å². The minimum absolute atomic E-state index is 0.0285. The van der Waals surface area contributed by atoms with E-state index in [9.17, 15) is 4.79 Å². The number of rotatable bonds is 5. The first-order valence-electron chi connectivity index (χ1n) is 11.8. The van der Waals surface area contributed by atoms with Crippen LogP contribution in [0.1, 0.15) is 28.5 Å². The maximum absolute atomic E-state index is 13.7. The Morgan fingerprint density at radius 3 is 2.40 bits per heavy atom. The number of aryl methyl sites for hydroxylation is 1. The molecule has 0 saturated carbocycles. The molecule has 3 heterocycles. The third kappa shape index (κ3) is 4.66. The number of benzene rings is 2. The zero-order chi connectivity index (χ0) is 24.5. The highest BCUT2D eigenvalue weighted by Crippen LogP contribution is 2.29. The fourth-order valence-electron chi connectivity index (χ4n) is 4.69. The molecular weight excluding hydrogens is 481 g/mol. The van der Waals surface area contributed by atoms with Crippen LogP contribution in [0.15, 0.2) is 54.7 Å². The molecule has 180 valence electrons. The topological polar surface area (TPSA) is 54.3 Å². The van der Waals surface area contributed by atoms with Crippen molar-refractivity contribution in [1.29, 1.82) is 0 Å². The van der Waals surface area contributed by atoms with Crippen molar-refractivity contribution in [2.75, 3.05) is 26.2 Å². The largest absolute Gasteiger partial charge is 0.336 e. The quantitative estimate of drug-likeness (QED) is 0.348. The molecule has 0 radical (unpaired) electrons. The summed E-state index contributed by atoms with van der Waals surface area (Å²) in [5.41, 5.74) is 5.19. The van der Waals surface area contributed by atoms with Gasteiger partial charge in [-0.05, 0) is 38.1 Å². The summed E-state index contributed by atoms with van der Waals surface area (Å²) in [6, 6.07) is 15.3. The monoisotopic (exact) mass is 507 g/mol. The molecule has 1 amide bonds. The molecule has 2 aromatic heterocycles. The fraction of sp³-hybridized carbons (Fsp3) is 0.296. The smallest absolute Gasteiger partial charge is 0.254 e. The van der Waals surface area contributed by atoms with Crippen molar-refractivity contribution in [2.45, 2.75) is 26.9 Å². The molecule has 8 heteroatoms. The number of aromatic nitrogens is 3. The predicted molar refractivity (Wildman–Crippen MR) is 141 cm³/mol. The van der Waals surface area contributed by atoms with E-state index in [1.165, 1.54) is 0 Å². The minimum Gasteiger partial charge on any atom is -0.336 e. The van der Waals surface area contributed by atoms with Gasteiger partial charge in [-0.15, -0.1) is 0 Å². The number of hydrogen-bond donors (Lipinski definition) is 0. The molecule has 4 aromatic rings. The summed E-state index contributed by atoms with van der Waals surface area (Å²) in [6.07, 6.45) is 1.84. The molecule has 0 bridgehead atoms. The zero-order valence-electron chi connectivity index (χ0n) is 19.8. The summed E-state index contributed by atoms with van der Waals surface area (Å²) in [7, 11) is 0. The van der Waals surface area contributed by atoms with Crippen LogP contribution in [0.25, 0.3) is 22.2 Å². The van der Waals surface area contributed by atoms with E-state index in [1.807, 2.05) is 71.2 Å². The van der Waals surface area contributed by atoms with E-state index in [-0.39, 0.29) is 5.91 Å². The maximum atomic E-state index is 13.7. The summed E-state index contributed by atoms with van der Waals surface area (Å²) < 4.78 is 1.94. The number of hydrogen-bond acceptors (Lipinski definition) is 4. The predicted octanol–water partition coefficient (Wildman–Crippen LogP) is 5.69. The summed E-state index contributed by atoms with van der Waals surface area (Å²) in [4.78, 5) is 22.8. The lowest BCUT2D eigenvalue weighted by Crippen LogP contribution is -2.48. The number of amides is 1. The number of carbonyl (C=O) groups excluding carboxylic acids is 1. The van der Waals surface area contributed by atoms with Gasteiger partial charge in [0.25, 0.3) is 5.91 Å². The third-order valence-electron chi connectivity index (χ3n) is 6.73. The molecule has 0 atom stereocenters. The second kappa shape index (κ2) is 9.97. The van der Waals surface area contributed by atoms with Crippen LogP contribution in [0.3, 0.4) is 0 Å². The van der Waals surface area contributed by atoms with Gasteiger partial charge in [0, 0.05) is 71.5 Å². The highest BCUT2D eigenvalue weighted by Gasteiger charge is 2.25. The number of nitrogens with zero attached hydrogens (tertiary/aromatic N) is 5. The maximum Gasteiger partial charge on any atom is 0.254 e. The van der Waals surface area contributed by atoms with Gasteiger partial charge in [-0.3, -0.25) is 14.4 Å². The number of carbonyl (C=O) groups is 1. The number of para-hydroxylation sites is 1. The summed E-state index contributed by atoms with van der Waals surface area (Å²) in [5, 5.41) is 6.68. The van der Waals surface area contributed by atoms with Crippen molar-refractivity contribution in [3.63, 3.8) is 0 Å². The van der Waals surface area contributed by atoms with Crippen molar-refractivity contribution >= 4 is 40.0 Å². The molecule has 1 aliphatic heterocycles. The molecule has 6 nitrogen and oxygen atoms in total. The van der Waals surface area contributed by atoms with Crippen molar-refractivity contribution < 1.29 is 4.79 Å². The van der Waals surface area contributed by atoms with Gasteiger partial charge in [0.05, 0.1) is 23.0 Å². The second-order valence-corrected chi connectivity index (χ2v) is 9.61. The number of halogens is 2. The standard InChI is InChI=1S/C27H27Cl2N5O/c1-3-34-18(2)21(16-30-34)26-15-20(19-7-4-5-10-25(19)31-26)27(35)33-13-11-32(12-14-33)17-22-23(28)8-6-9-24(22)29/h4-10,15-16H,3,11-14,17H2,1-2H3. The molecule has 1 fully saturated rings. The molecule has 5 rings (SSSR count). The molecule has 35 heavy (non-hydrogen) atoms. The Kier molecular flexibility index (Phi) is 6.78. The molecule has 1 aliphatic rings. The van der Waals surface area contributed by atoms with Crippen LogP contribution in [0.5, 0.6) is 0 Å². The van der Waals surface area contributed by atoms with Gasteiger partial charge in [-0.2, -0.15) is 5.10 Å². The summed E-state index contributed by atoms with van der Waals surface area (Å²) in [6.45, 7) is 8.34. The number of piperazine rings is 1. The van der Waals surface area contributed by atoms with Gasteiger partial charge < -0.3 is 4.90 Å². The van der Waals surface area contributed by atoms with Crippen LogP contribution >= 0.6 is 23.2 Å². The Morgan fingerprint density at radius 2 is 1.71 bits per heavy atom. The van der Waals surface area contributed by atoms with E-state index in [0.717, 1.165) is 53.1 Å². The van der Waals surface area contributed by atoms with Gasteiger partial charge >= 0.3 is 0 Å². The second-order valence-electron chi connectivity index (χ2n) is 8.80. The van der Waals surface area contributed by atoms with Gasteiger partial charge in [0.15, 0.2) is 0 Å². The molecule has 0 N–H and O–H groups in total. The number of pyridine rings is 1. The van der Waals surface area contributed by atoms with Crippen LogP contribution in [-0.2, 0) is 13.1 Å². The van der Waals surface area contributed by atoms with E-state index in [0.29, 0.717) is 35.2 Å². The Balaban J connectivity index is 1.39. The lowest BCUT2D eigenvalue weighted by atomic mass is 10.0. The van der Waals surface area contributed by atoms with E-state index in [2.05, 4.69) is 16.9 Å². The normalized spacial score (nSPS) is 14.6. The fourth-order valence-corrected chi connectivity index (χ4v) is 5.21. The van der Waals surface area contributed by atoms with E-state index in [1.54, 1.807) is 0 Å². The Labute approximate surface area is 215 Å². The number of fused-ring (bicyclic) bond motifs is 1. The molecule has 0 aliphatic carbocycles. The first-order valence-corrected chi connectivity index (χ1v) is 12.6. The van der Waals surface area contributed by atoms with E-state index >= 15 is 0 Å². The lowest BCUT2D eigenvalue weighted by Gasteiger charge is -2.35. The first-order chi connectivity index (χ1) is 17.0. The van der Waals surface area contributed by atoms with Gasteiger partial charge in [-0.1, -0.05) is 47.5 Å². The van der Waals surface area contributed by atoms with Crippen LogP contribution < -0.4 is 0 Å². The van der Waals surface area contributed by atoms with Crippen molar-refractivity contribution in [2.24, 2.45) is 0 Å².